The summed E-state index contributed by atoms with van der Waals surface area (Å²) in [7, 11) is 1.52. The summed E-state index contributed by atoms with van der Waals surface area (Å²) in [5.74, 6) is 0.683. The van der Waals surface area contributed by atoms with Gasteiger partial charge in [0.1, 0.15) is 17.3 Å². The van der Waals surface area contributed by atoms with E-state index in [0.29, 0.717) is 22.8 Å². The molecule has 9 heteroatoms. The lowest BCUT2D eigenvalue weighted by atomic mass is 10.0. The first-order valence-electron chi connectivity index (χ1n) is 12.0. The van der Waals surface area contributed by atoms with Gasteiger partial charge in [0.2, 0.25) is 0 Å². The second-order valence-electron chi connectivity index (χ2n) is 8.72. The van der Waals surface area contributed by atoms with Crippen LogP contribution in [0, 0.1) is 5.82 Å². The Morgan fingerprint density at radius 1 is 1.00 bits per heavy atom. The lowest BCUT2D eigenvalue weighted by Gasteiger charge is -2.06. The van der Waals surface area contributed by atoms with Gasteiger partial charge in [0.05, 0.1) is 35.6 Å². The largest absolute Gasteiger partial charge is 0.497 e. The summed E-state index contributed by atoms with van der Waals surface area (Å²) in [5.41, 5.74) is 7.30. The first kappa shape index (κ1) is 22.8. The highest BCUT2D eigenvalue weighted by Crippen LogP contribution is 2.34. The molecular weight excluding hydrogens is 469 g/mol. The van der Waals surface area contributed by atoms with Crippen LogP contribution < -0.4 is 10.1 Å². The molecule has 0 aliphatic rings. The molecule has 0 radical (unpaired) electrons. The van der Waals surface area contributed by atoms with E-state index in [1.165, 1.54) is 19.2 Å². The quantitative estimate of drug-likeness (QED) is 0.272. The summed E-state index contributed by atoms with van der Waals surface area (Å²) in [5, 5.41) is 11.8. The van der Waals surface area contributed by atoms with Crippen LogP contribution in [0.1, 0.15) is 12.5 Å². The van der Waals surface area contributed by atoms with Gasteiger partial charge < -0.3 is 15.0 Å². The summed E-state index contributed by atoms with van der Waals surface area (Å²) < 4.78 is 19.5. The maximum Gasteiger partial charge on any atom is 0.159 e. The Labute approximate surface area is 212 Å². The molecule has 0 fully saturated rings. The molecule has 4 aromatic heterocycles. The molecule has 184 valence electrons. The fourth-order valence-electron chi connectivity index (χ4n) is 4.46. The molecule has 0 bridgehead atoms. The molecule has 0 aliphatic carbocycles. The zero-order chi connectivity index (χ0) is 25.4. The van der Waals surface area contributed by atoms with E-state index >= 15 is 0 Å². The summed E-state index contributed by atoms with van der Waals surface area (Å²) in [4.78, 5) is 17.3. The second kappa shape index (κ2) is 9.44. The number of aromatic amines is 2. The molecule has 0 spiro atoms. The summed E-state index contributed by atoms with van der Waals surface area (Å²) in [6.07, 6.45) is 5.43. The average molecular weight is 494 g/mol. The first-order chi connectivity index (χ1) is 18.1. The van der Waals surface area contributed by atoms with Gasteiger partial charge in [-0.15, -0.1) is 0 Å². The maximum atomic E-state index is 14.2. The number of hydrogen-bond donors (Lipinski definition) is 3. The maximum absolute atomic E-state index is 14.2. The SMILES string of the molecule is CCNCc1cncc(-c2cc3c(-c4nc5c(-c6cc(F)cc(OC)c6)cccc5[nH]4)n[nH]c3cn2)c1. The molecule has 0 saturated heterocycles. The van der Waals surface area contributed by atoms with Crippen LogP contribution in [-0.4, -0.2) is 43.8 Å². The van der Waals surface area contributed by atoms with Gasteiger partial charge in [0, 0.05) is 41.5 Å². The van der Waals surface area contributed by atoms with Crippen LogP contribution in [0.2, 0.25) is 0 Å². The van der Waals surface area contributed by atoms with Crippen molar-refractivity contribution in [1.82, 2.24) is 35.5 Å². The molecule has 6 aromatic rings. The highest BCUT2D eigenvalue weighted by atomic mass is 19.1. The molecule has 0 aliphatic heterocycles. The fraction of sp³-hybridized carbons (Fsp3) is 0.143. The zero-order valence-corrected chi connectivity index (χ0v) is 20.3. The number of methoxy groups -OCH3 is 1. The number of rotatable bonds is 7. The van der Waals surface area contributed by atoms with Crippen molar-refractivity contribution < 1.29 is 9.13 Å². The number of para-hydroxylation sites is 1. The number of hydrogen-bond acceptors (Lipinski definition) is 6. The van der Waals surface area contributed by atoms with Crippen LogP contribution in [-0.2, 0) is 6.54 Å². The lowest BCUT2D eigenvalue weighted by molar-refractivity contribution is 0.411. The Hall–Kier alpha value is -4.63. The topological polar surface area (TPSA) is 104 Å². The van der Waals surface area contributed by atoms with Gasteiger partial charge in [0.15, 0.2) is 5.82 Å². The van der Waals surface area contributed by atoms with Crippen LogP contribution >= 0.6 is 0 Å². The van der Waals surface area contributed by atoms with Gasteiger partial charge in [-0.2, -0.15) is 5.10 Å². The number of H-pyrrole nitrogens is 2. The molecule has 2 aromatic carbocycles. The van der Waals surface area contributed by atoms with E-state index in [1.54, 1.807) is 12.3 Å². The van der Waals surface area contributed by atoms with Crippen LogP contribution in [0.3, 0.4) is 0 Å². The molecule has 0 amide bonds. The third-order valence-corrected chi connectivity index (χ3v) is 6.27. The van der Waals surface area contributed by atoms with Gasteiger partial charge >= 0.3 is 0 Å². The predicted molar refractivity (Wildman–Crippen MR) is 142 cm³/mol. The van der Waals surface area contributed by atoms with E-state index in [4.69, 9.17) is 9.72 Å². The van der Waals surface area contributed by atoms with E-state index in [0.717, 1.165) is 57.4 Å². The standard InChI is InChI=1S/C28H24FN7O/c1-3-30-12-16-7-18(14-31-13-16)24-11-22-25(15-32-24)35-36-27(22)28-33-23-6-4-5-21(26(23)34-28)17-8-19(29)10-20(9-17)37-2/h4-11,13-15,30H,3,12H2,1-2H3,(H,33,34)(H,35,36). The van der Waals surface area contributed by atoms with E-state index in [-0.39, 0.29) is 5.82 Å². The van der Waals surface area contributed by atoms with Crippen molar-refractivity contribution in [2.45, 2.75) is 13.5 Å². The smallest absolute Gasteiger partial charge is 0.159 e. The number of fused-ring (bicyclic) bond motifs is 2. The molecule has 0 unspecified atom stereocenters. The van der Waals surface area contributed by atoms with Gasteiger partial charge in [-0.3, -0.25) is 15.1 Å². The third-order valence-electron chi connectivity index (χ3n) is 6.27. The van der Waals surface area contributed by atoms with Crippen LogP contribution in [0.15, 0.2) is 67.1 Å². The molecule has 0 saturated carbocycles. The van der Waals surface area contributed by atoms with Crippen molar-refractivity contribution >= 4 is 21.9 Å². The minimum atomic E-state index is -0.371. The predicted octanol–water partition coefficient (Wildman–Crippen LogP) is 5.49. The normalized spacial score (nSPS) is 11.4. The molecule has 37 heavy (non-hydrogen) atoms. The van der Waals surface area contributed by atoms with E-state index < -0.39 is 0 Å². The van der Waals surface area contributed by atoms with Crippen molar-refractivity contribution in [1.29, 1.82) is 0 Å². The van der Waals surface area contributed by atoms with Gasteiger partial charge in [-0.25, -0.2) is 9.37 Å². The first-order valence-corrected chi connectivity index (χ1v) is 12.0. The lowest BCUT2D eigenvalue weighted by Crippen LogP contribution is -2.11. The number of nitrogens with zero attached hydrogens (tertiary/aromatic N) is 4. The number of imidazole rings is 1. The number of pyridine rings is 2. The minimum absolute atomic E-state index is 0.371. The van der Waals surface area contributed by atoms with Crippen molar-refractivity contribution in [2.24, 2.45) is 0 Å². The summed E-state index contributed by atoms with van der Waals surface area (Å²) in [6.45, 7) is 3.71. The Kier molecular flexibility index (Phi) is 5.82. The van der Waals surface area contributed by atoms with Crippen molar-refractivity contribution in [3.63, 3.8) is 0 Å². The highest BCUT2D eigenvalue weighted by Gasteiger charge is 2.17. The Morgan fingerprint density at radius 3 is 2.78 bits per heavy atom. The van der Waals surface area contributed by atoms with Crippen molar-refractivity contribution in [3.8, 4) is 39.7 Å². The Balaban J connectivity index is 1.43. The van der Waals surface area contributed by atoms with Gasteiger partial charge in [0.25, 0.3) is 0 Å². The van der Waals surface area contributed by atoms with Gasteiger partial charge in [-0.1, -0.05) is 19.1 Å². The fourth-order valence-corrected chi connectivity index (χ4v) is 4.46. The monoisotopic (exact) mass is 493 g/mol. The van der Waals surface area contributed by atoms with Crippen LogP contribution in [0.25, 0.3) is 55.8 Å². The average Bonchev–Trinajstić information content (AvgIpc) is 3.55. The summed E-state index contributed by atoms with van der Waals surface area (Å²) >= 11 is 0. The number of aromatic nitrogens is 6. The third kappa shape index (κ3) is 4.30. The van der Waals surface area contributed by atoms with Crippen molar-refractivity contribution in [3.05, 3.63) is 78.5 Å². The van der Waals surface area contributed by atoms with E-state index in [2.05, 4.69) is 43.5 Å². The second-order valence-corrected chi connectivity index (χ2v) is 8.72. The molecular formula is C28H24FN7O. The van der Waals surface area contributed by atoms with Crippen molar-refractivity contribution in [2.75, 3.05) is 13.7 Å². The number of benzene rings is 2. The molecule has 8 nitrogen and oxygen atoms in total. The summed E-state index contributed by atoms with van der Waals surface area (Å²) in [6, 6.07) is 14.5. The van der Waals surface area contributed by atoms with Gasteiger partial charge in [-0.05, 0) is 48.0 Å². The van der Waals surface area contributed by atoms with Crippen LogP contribution in [0.5, 0.6) is 5.75 Å². The molecule has 0 atom stereocenters. The number of halogens is 1. The van der Waals surface area contributed by atoms with Crippen LogP contribution in [0.4, 0.5) is 4.39 Å². The molecule has 3 N–H and O–H groups in total. The number of ether oxygens (including phenoxy) is 1. The zero-order valence-electron chi connectivity index (χ0n) is 20.3. The van der Waals surface area contributed by atoms with E-state index in [9.17, 15) is 4.39 Å². The van der Waals surface area contributed by atoms with E-state index in [1.807, 2.05) is 36.7 Å². The highest BCUT2D eigenvalue weighted by molar-refractivity contribution is 5.97. The Bertz CT molecular complexity index is 1740. The number of nitrogens with one attached hydrogen (secondary N) is 3. The Morgan fingerprint density at radius 2 is 1.92 bits per heavy atom. The molecule has 6 rings (SSSR count). The molecule has 4 heterocycles. The minimum Gasteiger partial charge on any atom is -0.497 e.